The zero-order valence-corrected chi connectivity index (χ0v) is 16.3. The minimum Gasteiger partial charge on any atom is -0.336 e. The van der Waals surface area contributed by atoms with Crippen molar-refractivity contribution in [3.8, 4) is 10.6 Å². The van der Waals surface area contributed by atoms with E-state index in [-0.39, 0.29) is 24.7 Å². The molecule has 0 aliphatic heterocycles. The fourth-order valence-electron chi connectivity index (χ4n) is 2.67. The second-order valence-electron chi connectivity index (χ2n) is 6.18. The van der Waals surface area contributed by atoms with E-state index in [0.717, 1.165) is 26.8 Å². The molecule has 8 heteroatoms. The van der Waals surface area contributed by atoms with Gasteiger partial charge in [0.25, 0.3) is 5.56 Å². The molecule has 7 nitrogen and oxygen atoms in total. The third kappa shape index (κ3) is 4.79. The highest BCUT2D eigenvalue weighted by atomic mass is 32.1. The van der Waals surface area contributed by atoms with Crippen LogP contribution >= 0.6 is 11.3 Å². The Balaban J connectivity index is 1.62. The van der Waals surface area contributed by atoms with E-state index in [0.29, 0.717) is 5.69 Å². The molecular formula is C19H21N5O2S. The van der Waals surface area contributed by atoms with Gasteiger partial charge in [0.05, 0.1) is 22.1 Å². The Morgan fingerprint density at radius 2 is 2.00 bits per heavy atom. The van der Waals surface area contributed by atoms with Crippen LogP contribution in [0.4, 0.5) is 10.5 Å². The summed E-state index contributed by atoms with van der Waals surface area (Å²) in [6.07, 6.45) is 0. The van der Waals surface area contributed by atoms with Gasteiger partial charge in [0.2, 0.25) is 0 Å². The first-order valence-corrected chi connectivity index (χ1v) is 9.38. The number of thiazole rings is 1. The van der Waals surface area contributed by atoms with Gasteiger partial charge in [-0.1, -0.05) is 12.1 Å². The van der Waals surface area contributed by atoms with Gasteiger partial charge in [-0.15, -0.1) is 11.3 Å². The Morgan fingerprint density at radius 3 is 2.70 bits per heavy atom. The quantitative estimate of drug-likeness (QED) is 0.708. The zero-order chi connectivity index (χ0) is 19.4. The molecule has 0 spiro atoms. The van der Waals surface area contributed by atoms with E-state index in [1.165, 1.54) is 10.7 Å². The fraction of sp³-hybridized carbons (Fsp3) is 0.263. The lowest BCUT2D eigenvalue weighted by molar-refractivity contribution is 0.251. The van der Waals surface area contributed by atoms with Crippen LogP contribution in [-0.2, 0) is 6.54 Å². The minimum atomic E-state index is -0.321. The van der Waals surface area contributed by atoms with Crippen molar-refractivity contribution in [2.75, 3.05) is 11.9 Å². The zero-order valence-electron chi connectivity index (χ0n) is 15.4. The minimum absolute atomic E-state index is 0.210. The summed E-state index contributed by atoms with van der Waals surface area (Å²) >= 11 is 1.54. The molecule has 3 aromatic rings. The van der Waals surface area contributed by atoms with E-state index >= 15 is 0 Å². The highest BCUT2D eigenvalue weighted by Crippen LogP contribution is 2.27. The highest BCUT2D eigenvalue weighted by Gasteiger charge is 2.11. The molecule has 1 aromatic carbocycles. The molecule has 2 amide bonds. The Kier molecular flexibility index (Phi) is 5.66. The Bertz CT molecular complexity index is 1020. The van der Waals surface area contributed by atoms with Gasteiger partial charge in [0, 0.05) is 18.3 Å². The van der Waals surface area contributed by atoms with Gasteiger partial charge < -0.3 is 10.6 Å². The van der Waals surface area contributed by atoms with E-state index in [2.05, 4.69) is 20.7 Å². The first-order chi connectivity index (χ1) is 12.9. The van der Waals surface area contributed by atoms with Gasteiger partial charge in [-0.25, -0.2) is 14.5 Å². The number of anilines is 1. The third-order valence-electron chi connectivity index (χ3n) is 3.89. The van der Waals surface area contributed by atoms with Gasteiger partial charge in [0.1, 0.15) is 5.69 Å². The number of aromatic nitrogens is 3. The van der Waals surface area contributed by atoms with E-state index < -0.39 is 0 Å². The lowest BCUT2D eigenvalue weighted by atomic mass is 10.2. The number of carbonyl (C=O) groups excluding carboxylic acids is 1. The topological polar surface area (TPSA) is 88.9 Å². The average Bonchev–Trinajstić information content (AvgIpc) is 2.95. The molecule has 140 valence electrons. The fourth-order valence-corrected chi connectivity index (χ4v) is 3.56. The molecule has 0 saturated heterocycles. The second-order valence-corrected chi connectivity index (χ2v) is 7.38. The van der Waals surface area contributed by atoms with Crippen LogP contribution in [0.3, 0.4) is 0 Å². The monoisotopic (exact) mass is 383 g/mol. The smallest absolute Gasteiger partial charge is 0.319 e. The van der Waals surface area contributed by atoms with Crippen molar-refractivity contribution in [1.29, 1.82) is 0 Å². The Hall–Kier alpha value is -3.00. The van der Waals surface area contributed by atoms with Gasteiger partial charge in [0.15, 0.2) is 0 Å². The molecule has 0 aliphatic carbocycles. The van der Waals surface area contributed by atoms with E-state index in [4.69, 9.17) is 0 Å². The number of urea groups is 1. The predicted molar refractivity (Wildman–Crippen MR) is 107 cm³/mol. The standard InChI is InChI=1S/C19H21N5O2S/c1-12-5-4-6-15(11-12)22-19(26)20-9-10-24-17(25)8-7-16(23-24)18-13(2)21-14(3)27-18/h4-8,11H,9-10H2,1-3H3,(H2,20,22,26). The van der Waals surface area contributed by atoms with Gasteiger partial charge in [-0.3, -0.25) is 4.79 Å². The van der Waals surface area contributed by atoms with Crippen LogP contribution in [0.15, 0.2) is 41.2 Å². The predicted octanol–water partition coefficient (Wildman–Crippen LogP) is 3.11. The number of amides is 2. The molecule has 0 atom stereocenters. The molecule has 2 N–H and O–H groups in total. The number of nitrogens with zero attached hydrogens (tertiary/aromatic N) is 3. The summed E-state index contributed by atoms with van der Waals surface area (Å²) in [4.78, 5) is 29.4. The highest BCUT2D eigenvalue weighted by molar-refractivity contribution is 7.15. The molecule has 0 radical (unpaired) electrons. The van der Waals surface area contributed by atoms with Crippen molar-refractivity contribution in [2.45, 2.75) is 27.3 Å². The van der Waals surface area contributed by atoms with Crippen LogP contribution in [0.2, 0.25) is 0 Å². The molecule has 2 heterocycles. The second kappa shape index (κ2) is 8.13. The summed E-state index contributed by atoms with van der Waals surface area (Å²) in [5.74, 6) is 0. The third-order valence-corrected chi connectivity index (χ3v) is 4.98. The number of hydrogen-bond acceptors (Lipinski definition) is 5. The molecule has 2 aromatic heterocycles. The van der Waals surface area contributed by atoms with Gasteiger partial charge in [-0.2, -0.15) is 5.10 Å². The van der Waals surface area contributed by atoms with Crippen LogP contribution in [-0.4, -0.2) is 27.3 Å². The van der Waals surface area contributed by atoms with Gasteiger partial charge in [-0.05, 0) is 44.5 Å². The lowest BCUT2D eigenvalue weighted by Gasteiger charge is -2.09. The van der Waals surface area contributed by atoms with E-state index in [9.17, 15) is 9.59 Å². The first-order valence-electron chi connectivity index (χ1n) is 8.56. The molecular weight excluding hydrogens is 362 g/mol. The number of benzene rings is 1. The van der Waals surface area contributed by atoms with Crippen LogP contribution in [0.5, 0.6) is 0 Å². The van der Waals surface area contributed by atoms with Crippen LogP contribution in [0, 0.1) is 20.8 Å². The van der Waals surface area contributed by atoms with Gasteiger partial charge >= 0.3 is 6.03 Å². The Morgan fingerprint density at radius 1 is 1.19 bits per heavy atom. The Labute approximate surface area is 161 Å². The normalized spacial score (nSPS) is 10.6. The first kappa shape index (κ1) is 18.8. The molecule has 0 bridgehead atoms. The number of hydrogen-bond donors (Lipinski definition) is 2. The van der Waals surface area contributed by atoms with Crippen molar-refractivity contribution in [2.24, 2.45) is 0 Å². The summed E-state index contributed by atoms with van der Waals surface area (Å²) in [5.41, 5.74) is 3.18. The van der Waals surface area contributed by atoms with Crippen LogP contribution in [0.25, 0.3) is 10.6 Å². The summed E-state index contributed by atoms with van der Waals surface area (Å²) in [7, 11) is 0. The van der Waals surface area contributed by atoms with Crippen LogP contribution in [0.1, 0.15) is 16.3 Å². The summed E-state index contributed by atoms with van der Waals surface area (Å²) in [5, 5.41) is 10.9. The molecule has 3 rings (SSSR count). The van der Waals surface area contributed by atoms with Crippen molar-refractivity contribution < 1.29 is 4.79 Å². The number of rotatable bonds is 5. The molecule has 0 unspecified atom stereocenters. The van der Waals surface area contributed by atoms with E-state index in [1.807, 2.05) is 45.0 Å². The molecule has 0 fully saturated rings. The molecule has 0 aliphatic rings. The number of carbonyl (C=O) groups is 1. The van der Waals surface area contributed by atoms with Crippen molar-refractivity contribution >= 4 is 23.1 Å². The van der Waals surface area contributed by atoms with E-state index in [1.54, 1.807) is 17.4 Å². The number of nitrogens with one attached hydrogen (secondary N) is 2. The van der Waals surface area contributed by atoms with Crippen molar-refractivity contribution in [3.05, 3.63) is 63.0 Å². The maximum Gasteiger partial charge on any atom is 0.319 e. The van der Waals surface area contributed by atoms with Crippen molar-refractivity contribution in [3.63, 3.8) is 0 Å². The van der Waals surface area contributed by atoms with Crippen LogP contribution < -0.4 is 16.2 Å². The molecule has 0 saturated carbocycles. The van der Waals surface area contributed by atoms with Crippen molar-refractivity contribution in [1.82, 2.24) is 20.1 Å². The maximum atomic E-state index is 12.1. The summed E-state index contributed by atoms with van der Waals surface area (Å²) in [6.45, 7) is 6.39. The summed E-state index contributed by atoms with van der Waals surface area (Å²) < 4.78 is 1.36. The SMILES string of the molecule is Cc1cccc(NC(=O)NCCn2nc(-c3sc(C)nc3C)ccc2=O)c1. The summed E-state index contributed by atoms with van der Waals surface area (Å²) in [6, 6.07) is 10.4. The molecule has 27 heavy (non-hydrogen) atoms. The largest absolute Gasteiger partial charge is 0.336 e. The maximum absolute atomic E-state index is 12.1. The number of aryl methyl sites for hydroxylation is 3. The lowest BCUT2D eigenvalue weighted by Crippen LogP contribution is -2.34. The average molecular weight is 383 g/mol.